The van der Waals surface area contributed by atoms with Gasteiger partial charge in [0, 0.05) is 31.8 Å². The molecule has 1 unspecified atom stereocenters. The highest BCUT2D eigenvalue weighted by atomic mass is 32.1. The first-order valence-electron chi connectivity index (χ1n) is 8.70. The number of carbonyl (C=O) groups is 2. The summed E-state index contributed by atoms with van der Waals surface area (Å²) in [7, 11) is 0. The molecule has 3 heterocycles. The topological polar surface area (TPSA) is 75.2 Å². The van der Waals surface area contributed by atoms with Crippen LogP contribution in [-0.4, -0.2) is 33.2 Å². The Bertz CT molecular complexity index is 897. The van der Waals surface area contributed by atoms with E-state index in [0.717, 1.165) is 12.3 Å². The molecule has 1 atom stereocenters. The number of aryl methyl sites for hydroxylation is 1. The lowest BCUT2D eigenvalue weighted by Crippen LogP contribution is -2.31. The molecular weight excluding hydrogens is 393 g/mol. The molecule has 6 nitrogen and oxygen atoms in total. The van der Waals surface area contributed by atoms with Gasteiger partial charge in [-0.05, 0) is 25.8 Å². The second-order valence-electron chi connectivity index (χ2n) is 6.60. The molecule has 0 saturated carbocycles. The summed E-state index contributed by atoms with van der Waals surface area (Å²) in [6, 6.07) is 0.470. The van der Waals surface area contributed by atoms with E-state index in [1.165, 1.54) is 18.3 Å². The second kappa shape index (κ2) is 7.86. The highest BCUT2D eigenvalue weighted by Crippen LogP contribution is 2.37. The summed E-state index contributed by atoms with van der Waals surface area (Å²) in [5, 5.41) is 2.37. The number of aromatic nitrogens is 2. The number of halogens is 3. The molecule has 1 aliphatic heterocycles. The molecule has 0 bridgehead atoms. The largest absolute Gasteiger partial charge is 0.416 e. The highest BCUT2D eigenvalue weighted by molar-refractivity contribution is 7.11. The average Bonchev–Trinajstić information content (AvgIpc) is 3.27. The molecule has 1 fully saturated rings. The lowest BCUT2D eigenvalue weighted by molar-refractivity contribution is -0.138. The van der Waals surface area contributed by atoms with Gasteiger partial charge in [0.25, 0.3) is 5.91 Å². The van der Waals surface area contributed by atoms with Crippen molar-refractivity contribution in [3.8, 4) is 0 Å². The van der Waals surface area contributed by atoms with Crippen LogP contribution in [0.15, 0.2) is 17.8 Å². The van der Waals surface area contributed by atoms with E-state index in [1.54, 1.807) is 17.3 Å². The zero-order valence-corrected chi connectivity index (χ0v) is 16.2. The molecule has 0 spiro atoms. The second-order valence-corrected chi connectivity index (χ2v) is 7.45. The third-order valence-electron chi connectivity index (χ3n) is 4.64. The fraction of sp³-hybridized carbons (Fsp3) is 0.444. The summed E-state index contributed by atoms with van der Waals surface area (Å²) in [6.45, 7) is 3.16. The molecule has 28 heavy (non-hydrogen) atoms. The molecular formula is C18H19F3N4O2S. The molecule has 3 rings (SSSR count). The van der Waals surface area contributed by atoms with Gasteiger partial charge in [0.05, 0.1) is 28.5 Å². The molecule has 2 amide bonds. The smallest absolute Gasteiger partial charge is 0.352 e. The Hall–Kier alpha value is -2.49. The van der Waals surface area contributed by atoms with Crippen molar-refractivity contribution >= 4 is 23.2 Å². The number of rotatable bonds is 4. The van der Waals surface area contributed by atoms with Crippen LogP contribution < -0.4 is 5.32 Å². The quantitative estimate of drug-likeness (QED) is 0.834. The number of nitrogens with zero attached hydrogens (tertiary/aromatic N) is 3. The van der Waals surface area contributed by atoms with Gasteiger partial charge in [-0.1, -0.05) is 0 Å². The van der Waals surface area contributed by atoms with E-state index in [-0.39, 0.29) is 23.7 Å². The maximum Gasteiger partial charge on any atom is 0.416 e. The molecule has 0 aromatic carbocycles. The maximum absolute atomic E-state index is 13.5. The van der Waals surface area contributed by atoms with Crippen LogP contribution in [0.3, 0.4) is 0 Å². The number of carbonyl (C=O) groups excluding carboxylic acids is 2. The molecule has 10 heteroatoms. The predicted octanol–water partition coefficient (Wildman–Crippen LogP) is 3.48. The highest BCUT2D eigenvalue weighted by Gasteiger charge is 2.37. The fourth-order valence-electron chi connectivity index (χ4n) is 3.26. The SMILES string of the molecule is CC(=O)NCc1cnc(C2CCCN2C(=O)c2scnc2C)cc1C(F)(F)F. The first kappa shape index (κ1) is 20.2. The van der Waals surface area contributed by atoms with Gasteiger partial charge in [-0.3, -0.25) is 14.6 Å². The van der Waals surface area contributed by atoms with Crippen LogP contribution in [0, 0.1) is 6.92 Å². The standard InChI is InChI=1S/C18H19F3N4O2S/c1-10-16(28-9-24-10)17(27)25-5-3-4-15(25)14-6-13(18(19,20)21)12(8-23-14)7-22-11(2)26/h6,8-9,15H,3-5,7H2,1-2H3,(H,22,26). The summed E-state index contributed by atoms with van der Waals surface area (Å²) >= 11 is 1.22. The number of hydrogen-bond acceptors (Lipinski definition) is 5. The third-order valence-corrected chi connectivity index (χ3v) is 5.55. The lowest BCUT2D eigenvalue weighted by Gasteiger charge is -2.25. The normalized spacial score (nSPS) is 17.0. The first-order valence-corrected chi connectivity index (χ1v) is 9.58. The number of nitrogens with one attached hydrogen (secondary N) is 1. The minimum atomic E-state index is -4.59. The number of likely N-dealkylation sites (tertiary alicyclic amines) is 1. The van der Waals surface area contributed by atoms with Crippen LogP contribution in [0.4, 0.5) is 13.2 Å². The van der Waals surface area contributed by atoms with E-state index >= 15 is 0 Å². The molecule has 1 N–H and O–H groups in total. The summed E-state index contributed by atoms with van der Waals surface area (Å²) in [5.74, 6) is -0.662. The van der Waals surface area contributed by atoms with E-state index < -0.39 is 23.7 Å². The van der Waals surface area contributed by atoms with Crippen molar-refractivity contribution in [1.82, 2.24) is 20.2 Å². The van der Waals surface area contributed by atoms with E-state index in [1.807, 2.05) is 0 Å². The summed E-state index contributed by atoms with van der Waals surface area (Å²) in [4.78, 5) is 34.2. The van der Waals surface area contributed by atoms with Gasteiger partial charge >= 0.3 is 6.18 Å². The first-order chi connectivity index (χ1) is 13.2. The zero-order valence-electron chi connectivity index (χ0n) is 15.3. The van der Waals surface area contributed by atoms with Crippen LogP contribution in [-0.2, 0) is 17.5 Å². The van der Waals surface area contributed by atoms with E-state index in [0.29, 0.717) is 30.0 Å². The minimum Gasteiger partial charge on any atom is -0.352 e. The minimum absolute atomic E-state index is 0.111. The van der Waals surface area contributed by atoms with Gasteiger partial charge in [-0.15, -0.1) is 11.3 Å². The van der Waals surface area contributed by atoms with Crippen LogP contribution in [0.2, 0.25) is 0 Å². The molecule has 2 aromatic rings. The van der Waals surface area contributed by atoms with Crippen molar-refractivity contribution in [2.75, 3.05) is 6.54 Å². The van der Waals surface area contributed by atoms with Gasteiger partial charge in [0.1, 0.15) is 4.88 Å². The maximum atomic E-state index is 13.5. The van der Waals surface area contributed by atoms with Gasteiger partial charge in [0.2, 0.25) is 5.91 Å². The van der Waals surface area contributed by atoms with Gasteiger partial charge < -0.3 is 10.2 Å². The van der Waals surface area contributed by atoms with Crippen molar-refractivity contribution in [3.63, 3.8) is 0 Å². The number of pyridine rings is 1. The number of alkyl halides is 3. The summed E-state index contributed by atoms with van der Waals surface area (Å²) < 4.78 is 40.6. The van der Waals surface area contributed by atoms with Crippen LogP contribution in [0.25, 0.3) is 0 Å². The van der Waals surface area contributed by atoms with Crippen LogP contribution in [0.1, 0.15) is 58.0 Å². The number of hydrogen-bond donors (Lipinski definition) is 1. The molecule has 150 valence electrons. The van der Waals surface area contributed by atoms with Crippen molar-refractivity contribution in [3.05, 3.63) is 45.2 Å². The zero-order chi connectivity index (χ0) is 20.5. The predicted molar refractivity (Wildman–Crippen MR) is 96.6 cm³/mol. The Morgan fingerprint density at radius 2 is 2.11 bits per heavy atom. The Morgan fingerprint density at radius 3 is 2.71 bits per heavy atom. The van der Waals surface area contributed by atoms with Gasteiger partial charge in [0.15, 0.2) is 0 Å². The Labute approximate surface area is 163 Å². The summed E-state index contributed by atoms with van der Waals surface area (Å²) in [6.07, 6.45) is -2.23. The Morgan fingerprint density at radius 1 is 1.36 bits per heavy atom. The van der Waals surface area contributed by atoms with E-state index in [9.17, 15) is 22.8 Å². The monoisotopic (exact) mass is 412 g/mol. The van der Waals surface area contributed by atoms with Crippen LogP contribution >= 0.6 is 11.3 Å². The molecule has 1 saturated heterocycles. The van der Waals surface area contributed by atoms with Gasteiger partial charge in [-0.25, -0.2) is 4.98 Å². The lowest BCUT2D eigenvalue weighted by atomic mass is 10.0. The average molecular weight is 412 g/mol. The Kier molecular flexibility index (Phi) is 5.69. The van der Waals surface area contributed by atoms with E-state index in [2.05, 4.69) is 15.3 Å². The Balaban J connectivity index is 1.92. The van der Waals surface area contributed by atoms with E-state index in [4.69, 9.17) is 0 Å². The molecule has 0 aliphatic carbocycles. The third kappa shape index (κ3) is 4.16. The van der Waals surface area contributed by atoms with Gasteiger partial charge in [-0.2, -0.15) is 13.2 Å². The number of thiazole rings is 1. The van der Waals surface area contributed by atoms with Crippen molar-refractivity contribution < 1.29 is 22.8 Å². The molecule has 1 aliphatic rings. The van der Waals surface area contributed by atoms with Crippen molar-refractivity contribution in [2.45, 2.75) is 45.5 Å². The van der Waals surface area contributed by atoms with Crippen molar-refractivity contribution in [2.24, 2.45) is 0 Å². The van der Waals surface area contributed by atoms with Crippen LogP contribution in [0.5, 0.6) is 0 Å². The fourth-order valence-corrected chi connectivity index (χ4v) is 4.02. The van der Waals surface area contributed by atoms with Crippen molar-refractivity contribution in [1.29, 1.82) is 0 Å². The molecule has 2 aromatic heterocycles. The molecule has 0 radical (unpaired) electrons. The number of amides is 2. The summed E-state index contributed by atoms with van der Waals surface area (Å²) in [5.41, 5.74) is 1.42.